The Bertz CT molecular complexity index is 826. The lowest BCUT2D eigenvalue weighted by Gasteiger charge is -2.04. The molecule has 0 bridgehead atoms. The molecule has 0 aliphatic heterocycles. The number of Topliss-reactive ketones (excluding diaryl/α,β-unsaturated/α-hetero) is 1. The Morgan fingerprint density at radius 2 is 1.77 bits per heavy atom. The smallest absolute Gasteiger partial charge is 0.169 e. The maximum Gasteiger partial charge on any atom is 0.169 e. The van der Waals surface area contributed by atoms with E-state index in [-0.39, 0.29) is 11.7 Å². The number of fused-ring (bicyclic) bond motifs is 1. The normalized spacial score (nSPS) is 11.7. The number of nitrogens with zero attached hydrogens (tertiary/aromatic N) is 4. The molecule has 0 aliphatic carbocycles. The molecule has 0 N–H and O–H groups in total. The number of carbonyl (C=O) groups is 1. The quantitative estimate of drug-likeness (QED) is 0.691. The fraction of sp³-hybridized carbons (Fsp3) is 0.353. The lowest BCUT2D eigenvalue weighted by Crippen LogP contribution is -2.06. The average molecular weight is 296 g/mol. The van der Waals surface area contributed by atoms with Crippen LogP contribution in [0, 0.1) is 5.92 Å². The number of aromatic nitrogens is 4. The zero-order valence-electron chi connectivity index (χ0n) is 13.3. The zero-order valence-corrected chi connectivity index (χ0v) is 13.3. The summed E-state index contributed by atoms with van der Waals surface area (Å²) in [6.45, 7) is 8.00. The molecule has 0 saturated heterocycles. The molecule has 114 valence electrons. The van der Waals surface area contributed by atoms with E-state index in [9.17, 15) is 4.79 Å². The van der Waals surface area contributed by atoms with Crippen molar-refractivity contribution >= 4 is 11.3 Å². The molecular formula is C17H20N4O. The van der Waals surface area contributed by atoms with Crippen LogP contribution in [0.25, 0.3) is 16.6 Å². The van der Waals surface area contributed by atoms with Crippen molar-refractivity contribution in [2.24, 2.45) is 5.92 Å². The first-order valence-corrected chi connectivity index (χ1v) is 7.53. The summed E-state index contributed by atoms with van der Waals surface area (Å²) in [5.74, 6) is 0.0901. The van der Waals surface area contributed by atoms with Crippen molar-refractivity contribution in [1.82, 2.24) is 19.4 Å². The van der Waals surface area contributed by atoms with Gasteiger partial charge in [-0.1, -0.05) is 19.9 Å². The van der Waals surface area contributed by atoms with E-state index >= 15 is 0 Å². The number of rotatable bonds is 4. The molecule has 0 spiro atoms. The first kappa shape index (κ1) is 14.5. The van der Waals surface area contributed by atoms with Crippen molar-refractivity contribution in [2.45, 2.75) is 33.7 Å². The third-order valence-electron chi connectivity index (χ3n) is 3.77. The SMILES string of the molecule is CC(C)C(=O)c1cnn2cc(-c3cnn(C(C)C)c3)ccc12. The Kier molecular flexibility index (Phi) is 3.56. The minimum Gasteiger partial charge on any atom is -0.294 e. The van der Waals surface area contributed by atoms with E-state index in [0.717, 1.165) is 16.6 Å². The van der Waals surface area contributed by atoms with Gasteiger partial charge in [-0.3, -0.25) is 9.48 Å². The molecule has 22 heavy (non-hydrogen) atoms. The van der Waals surface area contributed by atoms with Crippen molar-refractivity contribution in [3.63, 3.8) is 0 Å². The van der Waals surface area contributed by atoms with Gasteiger partial charge in [0.1, 0.15) is 0 Å². The van der Waals surface area contributed by atoms with E-state index in [1.807, 2.05) is 49.3 Å². The first-order valence-electron chi connectivity index (χ1n) is 7.53. The predicted molar refractivity (Wildman–Crippen MR) is 86.0 cm³/mol. The van der Waals surface area contributed by atoms with Crippen LogP contribution in [0.3, 0.4) is 0 Å². The van der Waals surface area contributed by atoms with Crippen LogP contribution in [0.5, 0.6) is 0 Å². The molecule has 3 aromatic rings. The van der Waals surface area contributed by atoms with Crippen LogP contribution in [0.2, 0.25) is 0 Å². The molecule has 0 amide bonds. The highest BCUT2D eigenvalue weighted by molar-refractivity contribution is 6.03. The van der Waals surface area contributed by atoms with E-state index in [4.69, 9.17) is 0 Å². The summed E-state index contributed by atoms with van der Waals surface area (Å²) in [5, 5.41) is 8.68. The zero-order chi connectivity index (χ0) is 15.9. The standard InChI is InChI=1S/C17H20N4O/c1-11(2)17(22)15-8-19-21-9-13(5-6-16(15)21)14-7-18-20(10-14)12(3)4/h5-12H,1-4H3. The molecule has 5 heteroatoms. The summed E-state index contributed by atoms with van der Waals surface area (Å²) in [6.07, 6.45) is 7.47. The van der Waals surface area contributed by atoms with E-state index < -0.39 is 0 Å². The molecule has 0 saturated carbocycles. The predicted octanol–water partition coefficient (Wildman–Crippen LogP) is 3.62. The van der Waals surface area contributed by atoms with Crippen LogP contribution >= 0.6 is 0 Å². The molecular weight excluding hydrogens is 276 g/mol. The van der Waals surface area contributed by atoms with Gasteiger partial charge in [0.05, 0.1) is 23.5 Å². The average Bonchev–Trinajstić information content (AvgIpc) is 3.12. The van der Waals surface area contributed by atoms with Crippen LogP contribution in [0.4, 0.5) is 0 Å². The Morgan fingerprint density at radius 1 is 1.00 bits per heavy atom. The molecule has 0 atom stereocenters. The molecule has 0 aliphatic rings. The van der Waals surface area contributed by atoms with Crippen molar-refractivity contribution in [3.8, 4) is 11.1 Å². The monoisotopic (exact) mass is 296 g/mol. The van der Waals surface area contributed by atoms with Crippen molar-refractivity contribution in [3.05, 3.63) is 42.5 Å². The van der Waals surface area contributed by atoms with Gasteiger partial charge in [-0.25, -0.2) is 4.52 Å². The molecule has 5 nitrogen and oxygen atoms in total. The molecule has 3 aromatic heterocycles. The molecule has 3 rings (SSSR count). The minimum atomic E-state index is -0.0306. The Morgan fingerprint density at radius 3 is 2.41 bits per heavy atom. The van der Waals surface area contributed by atoms with Gasteiger partial charge in [-0.05, 0) is 19.9 Å². The summed E-state index contributed by atoms with van der Waals surface area (Å²) in [4.78, 5) is 12.2. The molecule has 0 fully saturated rings. The summed E-state index contributed by atoms with van der Waals surface area (Å²) < 4.78 is 3.69. The third-order valence-corrected chi connectivity index (χ3v) is 3.77. The van der Waals surface area contributed by atoms with Crippen molar-refractivity contribution < 1.29 is 4.79 Å². The summed E-state index contributed by atoms with van der Waals surface area (Å²) >= 11 is 0. The lowest BCUT2D eigenvalue weighted by atomic mass is 10.0. The fourth-order valence-electron chi connectivity index (χ4n) is 2.43. The van der Waals surface area contributed by atoms with Gasteiger partial charge in [0, 0.05) is 35.5 Å². The second kappa shape index (κ2) is 5.40. The second-order valence-electron chi connectivity index (χ2n) is 6.13. The number of hydrogen-bond donors (Lipinski definition) is 0. The summed E-state index contributed by atoms with van der Waals surface area (Å²) in [6, 6.07) is 4.29. The number of carbonyl (C=O) groups excluding carboxylic acids is 1. The molecule has 0 aromatic carbocycles. The van der Waals surface area contributed by atoms with Crippen molar-refractivity contribution in [2.75, 3.05) is 0 Å². The second-order valence-corrected chi connectivity index (χ2v) is 6.13. The highest BCUT2D eigenvalue weighted by atomic mass is 16.1. The summed E-state index contributed by atoms with van der Waals surface area (Å²) in [7, 11) is 0. The van der Waals surface area contributed by atoms with Gasteiger partial charge >= 0.3 is 0 Å². The van der Waals surface area contributed by atoms with Gasteiger partial charge in [0.2, 0.25) is 0 Å². The first-order chi connectivity index (χ1) is 10.5. The fourth-order valence-corrected chi connectivity index (χ4v) is 2.43. The molecule has 3 heterocycles. The Labute approximate surface area is 129 Å². The largest absolute Gasteiger partial charge is 0.294 e. The lowest BCUT2D eigenvalue weighted by molar-refractivity contribution is 0.0941. The van der Waals surface area contributed by atoms with Crippen molar-refractivity contribution in [1.29, 1.82) is 0 Å². The molecule has 0 unspecified atom stereocenters. The number of ketones is 1. The van der Waals surface area contributed by atoms with Gasteiger partial charge in [0.25, 0.3) is 0 Å². The van der Waals surface area contributed by atoms with Crippen LogP contribution in [-0.2, 0) is 0 Å². The van der Waals surface area contributed by atoms with E-state index in [2.05, 4.69) is 24.0 Å². The maximum atomic E-state index is 12.2. The highest BCUT2D eigenvalue weighted by Gasteiger charge is 2.16. The Balaban J connectivity index is 2.02. The van der Waals surface area contributed by atoms with Crippen LogP contribution in [0.15, 0.2) is 36.9 Å². The van der Waals surface area contributed by atoms with Gasteiger partial charge in [-0.15, -0.1) is 0 Å². The van der Waals surface area contributed by atoms with Gasteiger partial charge in [0.15, 0.2) is 5.78 Å². The minimum absolute atomic E-state index is 0.0306. The van der Waals surface area contributed by atoms with Gasteiger partial charge in [-0.2, -0.15) is 10.2 Å². The highest BCUT2D eigenvalue weighted by Crippen LogP contribution is 2.23. The summed E-state index contributed by atoms with van der Waals surface area (Å²) in [5.41, 5.74) is 3.60. The van der Waals surface area contributed by atoms with Crippen LogP contribution in [0.1, 0.15) is 44.1 Å². The third kappa shape index (κ3) is 2.43. The number of pyridine rings is 1. The van der Waals surface area contributed by atoms with Gasteiger partial charge < -0.3 is 0 Å². The maximum absolute atomic E-state index is 12.2. The topological polar surface area (TPSA) is 52.2 Å². The Hall–Kier alpha value is -2.43. The van der Waals surface area contributed by atoms with E-state index in [1.165, 1.54) is 0 Å². The van der Waals surface area contributed by atoms with E-state index in [1.54, 1.807) is 10.7 Å². The number of hydrogen-bond acceptors (Lipinski definition) is 3. The van der Waals surface area contributed by atoms with Crippen LogP contribution < -0.4 is 0 Å². The van der Waals surface area contributed by atoms with E-state index in [0.29, 0.717) is 11.6 Å². The molecule has 0 radical (unpaired) electrons. The van der Waals surface area contributed by atoms with Crippen LogP contribution in [-0.4, -0.2) is 25.2 Å².